The maximum Gasteiger partial charge on any atom is 0.150 e. The third-order valence-electron chi connectivity index (χ3n) is 4.20. The van der Waals surface area contributed by atoms with Crippen LogP contribution >= 0.6 is 0 Å². The van der Waals surface area contributed by atoms with Crippen LogP contribution in [0.15, 0.2) is 42.6 Å². The van der Waals surface area contributed by atoms with Crippen molar-refractivity contribution in [3.63, 3.8) is 0 Å². The molecule has 1 aliphatic rings. The highest BCUT2D eigenvalue weighted by atomic mass is 16.1. The standard InChI is InChI=1S/C20H19NO2/c1-2-3-10-21-11-9-17-16(14-23)5-4-6-18(17)19-12-15(13-22)7-8-20(19)21/h4-9,11-14H,2-3,10H2,1H3. The highest BCUT2D eigenvalue weighted by Crippen LogP contribution is 2.38. The van der Waals surface area contributed by atoms with Gasteiger partial charge in [-0.3, -0.25) is 9.59 Å². The van der Waals surface area contributed by atoms with Crippen LogP contribution in [0.5, 0.6) is 0 Å². The Kier molecular flexibility index (Phi) is 4.38. The Labute approximate surface area is 136 Å². The number of aldehydes is 2. The van der Waals surface area contributed by atoms with Gasteiger partial charge in [0.05, 0.1) is 0 Å². The van der Waals surface area contributed by atoms with Gasteiger partial charge < -0.3 is 4.90 Å². The summed E-state index contributed by atoms with van der Waals surface area (Å²) >= 11 is 0. The summed E-state index contributed by atoms with van der Waals surface area (Å²) in [4.78, 5) is 24.8. The average molecular weight is 305 g/mol. The molecule has 2 aromatic rings. The maximum absolute atomic E-state index is 11.4. The first kappa shape index (κ1) is 15.2. The molecular formula is C20H19NO2. The number of benzene rings is 2. The summed E-state index contributed by atoms with van der Waals surface area (Å²) in [6.45, 7) is 3.07. The molecule has 1 heterocycles. The molecule has 0 spiro atoms. The minimum atomic E-state index is 0.642. The fraction of sp³-hybridized carbons (Fsp3) is 0.200. The van der Waals surface area contributed by atoms with E-state index in [2.05, 4.69) is 11.8 Å². The van der Waals surface area contributed by atoms with Gasteiger partial charge in [-0.1, -0.05) is 31.5 Å². The van der Waals surface area contributed by atoms with E-state index < -0.39 is 0 Å². The summed E-state index contributed by atoms with van der Waals surface area (Å²) in [5, 5.41) is 0. The van der Waals surface area contributed by atoms with Crippen LogP contribution in [0, 0.1) is 0 Å². The Balaban J connectivity index is 2.23. The van der Waals surface area contributed by atoms with Crippen molar-refractivity contribution in [1.29, 1.82) is 0 Å². The predicted octanol–water partition coefficient (Wildman–Crippen LogP) is 4.57. The van der Waals surface area contributed by atoms with Crippen LogP contribution in [-0.4, -0.2) is 19.1 Å². The summed E-state index contributed by atoms with van der Waals surface area (Å²) in [7, 11) is 0. The van der Waals surface area contributed by atoms with Crippen molar-refractivity contribution in [2.24, 2.45) is 0 Å². The molecule has 0 bridgehead atoms. The van der Waals surface area contributed by atoms with Gasteiger partial charge in [-0.25, -0.2) is 0 Å². The van der Waals surface area contributed by atoms with E-state index in [1.165, 1.54) is 0 Å². The Bertz CT molecular complexity index is 777. The van der Waals surface area contributed by atoms with Crippen LogP contribution in [0.3, 0.4) is 0 Å². The maximum atomic E-state index is 11.4. The summed E-state index contributed by atoms with van der Waals surface area (Å²) in [5.41, 5.74) is 5.27. The molecule has 0 unspecified atom stereocenters. The van der Waals surface area contributed by atoms with Crippen molar-refractivity contribution < 1.29 is 9.59 Å². The number of hydrogen-bond acceptors (Lipinski definition) is 3. The molecule has 3 nitrogen and oxygen atoms in total. The minimum Gasteiger partial charge on any atom is -0.347 e. The lowest BCUT2D eigenvalue weighted by atomic mass is 9.94. The van der Waals surface area contributed by atoms with Crippen LogP contribution < -0.4 is 4.90 Å². The second-order valence-corrected chi connectivity index (χ2v) is 5.68. The van der Waals surface area contributed by atoms with Crippen molar-refractivity contribution in [1.82, 2.24) is 0 Å². The average Bonchev–Trinajstić information content (AvgIpc) is 2.76. The van der Waals surface area contributed by atoms with E-state index in [9.17, 15) is 9.59 Å². The van der Waals surface area contributed by atoms with Crippen molar-refractivity contribution >= 4 is 24.3 Å². The Morgan fingerprint density at radius 2 is 1.91 bits per heavy atom. The first-order valence-electron chi connectivity index (χ1n) is 7.91. The van der Waals surface area contributed by atoms with Crippen molar-refractivity contribution in [2.75, 3.05) is 11.4 Å². The number of carbonyl (C=O) groups excluding carboxylic acids is 2. The van der Waals surface area contributed by atoms with Gasteiger partial charge in [0.1, 0.15) is 6.29 Å². The number of unbranched alkanes of at least 4 members (excludes halogenated alkanes) is 1. The molecule has 1 aliphatic heterocycles. The number of fused-ring (bicyclic) bond motifs is 3. The largest absolute Gasteiger partial charge is 0.347 e. The van der Waals surface area contributed by atoms with E-state index in [1.54, 1.807) is 0 Å². The van der Waals surface area contributed by atoms with Gasteiger partial charge in [0.25, 0.3) is 0 Å². The zero-order chi connectivity index (χ0) is 16.2. The van der Waals surface area contributed by atoms with Gasteiger partial charge in [0.15, 0.2) is 6.29 Å². The third kappa shape index (κ3) is 2.82. The smallest absolute Gasteiger partial charge is 0.150 e. The molecule has 3 heteroatoms. The fourth-order valence-corrected chi connectivity index (χ4v) is 2.97. The lowest BCUT2D eigenvalue weighted by Gasteiger charge is -2.22. The lowest BCUT2D eigenvalue weighted by molar-refractivity contribution is 0.111. The summed E-state index contributed by atoms with van der Waals surface area (Å²) in [6.07, 6.45) is 7.96. The molecule has 2 aromatic carbocycles. The Hall–Kier alpha value is -2.68. The van der Waals surface area contributed by atoms with Gasteiger partial charge >= 0.3 is 0 Å². The minimum absolute atomic E-state index is 0.642. The topological polar surface area (TPSA) is 37.4 Å². The molecule has 0 saturated heterocycles. The van der Waals surface area contributed by atoms with Gasteiger partial charge in [-0.15, -0.1) is 0 Å². The Morgan fingerprint density at radius 3 is 2.65 bits per heavy atom. The van der Waals surface area contributed by atoms with E-state index in [4.69, 9.17) is 0 Å². The molecule has 23 heavy (non-hydrogen) atoms. The molecule has 3 rings (SSSR count). The second kappa shape index (κ2) is 6.61. The molecular weight excluding hydrogens is 286 g/mol. The molecule has 0 atom stereocenters. The monoisotopic (exact) mass is 305 g/mol. The third-order valence-corrected chi connectivity index (χ3v) is 4.20. The highest BCUT2D eigenvalue weighted by molar-refractivity contribution is 5.95. The first-order valence-corrected chi connectivity index (χ1v) is 7.91. The zero-order valence-electron chi connectivity index (χ0n) is 13.2. The second-order valence-electron chi connectivity index (χ2n) is 5.68. The lowest BCUT2D eigenvalue weighted by Crippen LogP contribution is -2.17. The fourth-order valence-electron chi connectivity index (χ4n) is 2.97. The van der Waals surface area contributed by atoms with Gasteiger partial charge in [-0.2, -0.15) is 0 Å². The van der Waals surface area contributed by atoms with E-state index in [1.807, 2.05) is 48.7 Å². The predicted molar refractivity (Wildman–Crippen MR) is 93.9 cm³/mol. The van der Waals surface area contributed by atoms with Crippen LogP contribution in [0.25, 0.3) is 17.2 Å². The Morgan fingerprint density at radius 1 is 1.04 bits per heavy atom. The highest BCUT2D eigenvalue weighted by Gasteiger charge is 2.18. The normalized spacial score (nSPS) is 12.3. The van der Waals surface area contributed by atoms with E-state index in [-0.39, 0.29) is 0 Å². The van der Waals surface area contributed by atoms with Gasteiger partial charge in [0, 0.05) is 35.1 Å². The van der Waals surface area contributed by atoms with Crippen LogP contribution in [0.1, 0.15) is 46.0 Å². The van der Waals surface area contributed by atoms with Gasteiger partial charge in [0.2, 0.25) is 0 Å². The molecule has 116 valence electrons. The van der Waals surface area contributed by atoms with E-state index in [0.29, 0.717) is 11.1 Å². The molecule has 0 saturated carbocycles. The van der Waals surface area contributed by atoms with E-state index >= 15 is 0 Å². The van der Waals surface area contributed by atoms with Crippen LogP contribution in [0.4, 0.5) is 5.69 Å². The number of rotatable bonds is 5. The van der Waals surface area contributed by atoms with Gasteiger partial charge in [-0.05, 0) is 41.8 Å². The van der Waals surface area contributed by atoms with Crippen molar-refractivity contribution in [3.05, 3.63) is 59.3 Å². The zero-order valence-corrected chi connectivity index (χ0v) is 13.2. The number of nitrogens with zero attached hydrogens (tertiary/aromatic N) is 1. The number of carbonyl (C=O) groups is 2. The molecule has 0 aromatic heterocycles. The first-order chi connectivity index (χ1) is 11.3. The summed E-state index contributed by atoms with van der Waals surface area (Å²) < 4.78 is 0. The molecule has 0 N–H and O–H groups in total. The SMILES string of the molecule is CCCCN1C=Cc2c(C=O)cccc2-c2cc(C=O)ccc21. The summed E-state index contributed by atoms with van der Waals surface area (Å²) in [5.74, 6) is 0. The van der Waals surface area contributed by atoms with Crippen molar-refractivity contribution in [2.45, 2.75) is 19.8 Å². The molecule has 0 fully saturated rings. The van der Waals surface area contributed by atoms with Crippen LogP contribution in [-0.2, 0) is 0 Å². The number of hydrogen-bond donors (Lipinski definition) is 0. The molecule has 0 radical (unpaired) electrons. The van der Waals surface area contributed by atoms with Crippen LogP contribution in [0.2, 0.25) is 0 Å². The quantitative estimate of drug-likeness (QED) is 0.759. The van der Waals surface area contributed by atoms with Crippen molar-refractivity contribution in [3.8, 4) is 11.1 Å². The number of anilines is 1. The molecule has 0 amide bonds. The summed E-state index contributed by atoms with van der Waals surface area (Å²) in [6, 6.07) is 11.4. The van der Waals surface area contributed by atoms with E-state index in [0.717, 1.165) is 54.3 Å². The molecule has 0 aliphatic carbocycles.